The smallest absolute Gasteiger partial charge is 0.353 e. The number of nitrogens with zero attached hydrogens (tertiary/aromatic N) is 1. The van der Waals surface area contributed by atoms with Crippen LogP contribution >= 0.6 is 15.9 Å². The molecule has 1 heterocycles. The summed E-state index contributed by atoms with van der Waals surface area (Å²) in [6, 6.07) is 9.76. The lowest BCUT2D eigenvalue weighted by Crippen LogP contribution is -2.30. The highest BCUT2D eigenvalue weighted by molar-refractivity contribution is 9.10. The summed E-state index contributed by atoms with van der Waals surface area (Å²) in [6.07, 6.45) is 0. The van der Waals surface area contributed by atoms with E-state index in [0.29, 0.717) is 5.56 Å². The second kappa shape index (κ2) is 16.1. The molecule has 0 spiro atoms. The first kappa shape index (κ1) is 28.3. The molecule has 0 radical (unpaired) electrons. The van der Waals surface area contributed by atoms with Gasteiger partial charge in [-0.2, -0.15) is 5.26 Å². The topological polar surface area (TPSA) is 123 Å². The predicted molar refractivity (Wildman–Crippen MR) is 118 cm³/mol. The van der Waals surface area contributed by atoms with Crippen LogP contribution < -0.4 is 10.9 Å². The number of carbonyl (C=O) groups excluding carboxylic acids is 1. The van der Waals surface area contributed by atoms with Crippen molar-refractivity contribution < 1.29 is 14.7 Å². The normalized spacial score (nSPS) is 8.48. The molecular weight excluding hydrogens is 438 g/mol. The van der Waals surface area contributed by atoms with Gasteiger partial charge >= 0.3 is 5.97 Å². The number of benzene rings is 1. The number of amides is 1. The minimum atomic E-state index is -1.31. The van der Waals surface area contributed by atoms with Crippen LogP contribution in [-0.4, -0.2) is 22.0 Å². The van der Waals surface area contributed by atoms with Gasteiger partial charge in [-0.3, -0.25) is 9.59 Å². The van der Waals surface area contributed by atoms with Gasteiger partial charge in [-0.1, -0.05) is 53.7 Å². The highest BCUT2D eigenvalue weighted by atomic mass is 79.9. The van der Waals surface area contributed by atoms with E-state index in [9.17, 15) is 14.4 Å². The minimum absolute atomic E-state index is 0.105. The van der Waals surface area contributed by atoms with Gasteiger partial charge in [0.15, 0.2) is 0 Å². The highest BCUT2D eigenvalue weighted by Crippen LogP contribution is 2.14. The summed E-state index contributed by atoms with van der Waals surface area (Å²) in [5.41, 5.74) is -0.0446. The number of nitriles is 1. The summed E-state index contributed by atoms with van der Waals surface area (Å²) >= 11 is 3.00. The molecule has 158 valence electrons. The molecule has 0 atom stereocenters. The lowest BCUT2D eigenvalue weighted by atomic mass is 10.1. The van der Waals surface area contributed by atoms with E-state index in [1.54, 1.807) is 24.3 Å². The maximum Gasteiger partial charge on any atom is 0.353 e. The fourth-order valence-corrected chi connectivity index (χ4v) is 2.30. The Kier molecular flexibility index (Phi) is 15.7. The van der Waals surface area contributed by atoms with Crippen molar-refractivity contribution in [2.24, 2.45) is 0 Å². The molecule has 1 aromatic heterocycles. The van der Waals surface area contributed by atoms with Gasteiger partial charge in [0.05, 0.1) is 11.6 Å². The molecule has 0 aliphatic heterocycles. The van der Waals surface area contributed by atoms with Gasteiger partial charge in [-0.25, -0.2) is 4.79 Å². The molecule has 1 aromatic carbocycles. The fraction of sp³-hybridized carbons (Fsp3) is 0.333. The zero-order valence-electron chi connectivity index (χ0n) is 17.6. The van der Waals surface area contributed by atoms with E-state index < -0.39 is 17.4 Å². The first-order valence-corrected chi connectivity index (χ1v) is 10.1. The van der Waals surface area contributed by atoms with Crippen LogP contribution in [0.3, 0.4) is 0 Å². The first-order valence-electron chi connectivity index (χ1n) is 9.35. The zero-order valence-corrected chi connectivity index (χ0v) is 19.2. The Morgan fingerprint density at radius 3 is 2.07 bits per heavy atom. The summed E-state index contributed by atoms with van der Waals surface area (Å²) in [4.78, 5) is 36.9. The van der Waals surface area contributed by atoms with Crippen molar-refractivity contribution in [1.82, 2.24) is 10.3 Å². The standard InChI is InChI=1S/C15H10BrN3O4.3C2H6/c16-11-5-10(14(21)19-12(11)15(22)23)13(20)18-7-9-3-1-8(6-17)2-4-9;3*1-2/h1-5H,7H2,(H,18,20)(H,19,21)(H,22,23);3*1-2H3. The van der Waals surface area contributed by atoms with Crippen molar-refractivity contribution in [3.63, 3.8) is 0 Å². The summed E-state index contributed by atoms with van der Waals surface area (Å²) in [5, 5.41) is 20.2. The Labute approximate surface area is 179 Å². The van der Waals surface area contributed by atoms with Crippen LogP contribution in [0.25, 0.3) is 0 Å². The van der Waals surface area contributed by atoms with Gasteiger partial charge in [0, 0.05) is 11.0 Å². The number of hydrogen-bond donors (Lipinski definition) is 3. The number of carboxylic acids is 1. The largest absolute Gasteiger partial charge is 0.477 e. The van der Waals surface area contributed by atoms with Gasteiger partial charge in [-0.05, 0) is 39.7 Å². The Bertz CT molecular complexity index is 869. The van der Waals surface area contributed by atoms with Gasteiger partial charge in [-0.15, -0.1) is 0 Å². The summed E-state index contributed by atoms with van der Waals surface area (Å²) in [7, 11) is 0. The lowest BCUT2D eigenvalue weighted by Gasteiger charge is -2.06. The Morgan fingerprint density at radius 2 is 1.62 bits per heavy atom. The number of carbonyl (C=O) groups is 2. The molecular formula is C21H28BrN3O4. The third-order valence-corrected chi connectivity index (χ3v) is 3.61. The average Bonchev–Trinajstić information content (AvgIpc) is 2.77. The average molecular weight is 466 g/mol. The number of aromatic nitrogens is 1. The molecule has 29 heavy (non-hydrogen) atoms. The molecule has 3 N–H and O–H groups in total. The zero-order chi connectivity index (χ0) is 23.0. The Hall–Kier alpha value is -2.92. The molecule has 8 heteroatoms. The third kappa shape index (κ3) is 9.21. The van der Waals surface area contributed by atoms with Crippen LogP contribution in [0, 0.1) is 11.3 Å². The van der Waals surface area contributed by atoms with Crippen LogP contribution in [0.4, 0.5) is 0 Å². The molecule has 0 saturated carbocycles. The van der Waals surface area contributed by atoms with Gasteiger partial charge in [0.25, 0.3) is 11.5 Å². The summed E-state index contributed by atoms with van der Waals surface area (Å²) in [5.74, 6) is -1.94. The van der Waals surface area contributed by atoms with Crippen molar-refractivity contribution in [1.29, 1.82) is 5.26 Å². The molecule has 2 rings (SSSR count). The van der Waals surface area contributed by atoms with Gasteiger partial charge in [0.2, 0.25) is 0 Å². The van der Waals surface area contributed by atoms with Gasteiger partial charge in [0.1, 0.15) is 11.3 Å². The quantitative estimate of drug-likeness (QED) is 0.602. The van der Waals surface area contributed by atoms with Crippen molar-refractivity contribution in [2.45, 2.75) is 48.1 Å². The Morgan fingerprint density at radius 1 is 1.10 bits per heavy atom. The van der Waals surface area contributed by atoms with E-state index in [0.717, 1.165) is 11.6 Å². The second-order valence-electron chi connectivity index (χ2n) is 4.53. The van der Waals surface area contributed by atoms with Crippen molar-refractivity contribution in [3.8, 4) is 6.07 Å². The van der Waals surface area contributed by atoms with E-state index in [4.69, 9.17) is 10.4 Å². The molecule has 0 fully saturated rings. The maximum absolute atomic E-state index is 12.0. The molecule has 7 nitrogen and oxygen atoms in total. The number of nitrogens with one attached hydrogen (secondary N) is 2. The first-order chi connectivity index (χ1) is 13.9. The minimum Gasteiger partial charge on any atom is -0.477 e. The lowest BCUT2D eigenvalue weighted by molar-refractivity contribution is 0.0688. The Balaban J connectivity index is 0. The van der Waals surface area contributed by atoms with Crippen molar-refractivity contribution in [3.05, 3.63) is 67.5 Å². The van der Waals surface area contributed by atoms with E-state index in [-0.39, 0.29) is 22.3 Å². The monoisotopic (exact) mass is 465 g/mol. The van der Waals surface area contributed by atoms with E-state index in [1.165, 1.54) is 0 Å². The number of carboxylic acid groups (broad SMARTS) is 1. The van der Waals surface area contributed by atoms with Gasteiger partial charge < -0.3 is 15.4 Å². The number of pyridine rings is 1. The number of rotatable bonds is 4. The molecule has 0 aliphatic carbocycles. The predicted octanol–water partition coefficient (Wildman–Crippen LogP) is 4.72. The molecule has 1 amide bonds. The third-order valence-electron chi connectivity index (χ3n) is 2.99. The van der Waals surface area contributed by atoms with Crippen molar-refractivity contribution in [2.75, 3.05) is 0 Å². The van der Waals surface area contributed by atoms with Crippen LogP contribution in [0.2, 0.25) is 0 Å². The molecule has 0 bridgehead atoms. The fourth-order valence-electron chi connectivity index (χ4n) is 1.80. The molecule has 0 unspecified atom stereocenters. The van der Waals surface area contributed by atoms with E-state index >= 15 is 0 Å². The van der Waals surface area contributed by atoms with E-state index in [2.05, 4.69) is 26.2 Å². The number of aromatic amines is 1. The SMILES string of the molecule is CC.CC.CC.N#Cc1ccc(CNC(=O)c2cc(Br)c(C(=O)O)[nH]c2=O)cc1. The number of aromatic carboxylic acids is 1. The highest BCUT2D eigenvalue weighted by Gasteiger charge is 2.16. The number of hydrogen-bond acceptors (Lipinski definition) is 4. The maximum atomic E-state index is 12.0. The van der Waals surface area contributed by atoms with Crippen LogP contribution in [-0.2, 0) is 6.54 Å². The molecule has 2 aromatic rings. The molecule has 0 aliphatic rings. The number of halogens is 1. The van der Waals surface area contributed by atoms with Crippen LogP contribution in [0.15, 0.2) is 39.6 Å². The van der Waals surface area contributed by atoms with Crippen LogP contribution in [0.1, 0.15) is 73.5 Å². The van der Waals surface area contributed by atoms with E-state index in [1.807, 2.05) is 47.6 Å². The van der Waals surface area contributed by atoms with Crippen molar-refractivity contribution >= 4 is 27.8 Å². The van der Waals surface area contributed by atoms with Crippen LogP contribution in [0.5, 0.6) is 0 Å². The summed E-state index contributed by atoms with van der Waals surface area (Å²) in [6.45, 7) is 12.2. The summed E-state index contributed by atoms with van der Waals surface area (Å²) < 4.78 is 0.105. The second-order valence-corrected chi connectivity index (χ2v) is 5.39. The molecule has 0 saturated heterocycles. The number of H-pyrrole nitrogens is 1.